The molecule has 1 atom stereocenters. The van der Waals surface area contributed by atoms with Crippen LogP contribution in [0.2, 0.25) is 0 Å². The van der Waals surface area contributed by atoms with Gasteiger partial charge in [-0.1, -0.05) is 6.58 Å². The maximum Gasteiger partial charge on any atom is 0.246 e. The van der Waals surface area contributed by atoms with Crippen molar-refractivity contribution in [1.29, 1.82) is 0 Å². The van der Waals surface area contributed by atoms with E-state index in [1.165, 1.54) is 6.08 Å². The first-order chi connectivity index (χ1) is 15.3. The molecule has 0 bridgehead atoms. The number of likely N-dealkylation sites (tertiary alicyclic amines) is 1. The Morgan fingerprint density at radius 3 is 2.72 bits per heavy atom. The topological polar surface area (TPSA) is 99.6 Å². The summed E-state index contributed by atoms with van der Waals surface area (Å²) in [6.45, 7) is 10.0. The Morgan fingerprint density at radius 1 is 1.28 bits per heavy atom. The number of rotatable bonds is 6. The molecule has 2 N–H and O–H groups in total. The second-order valence-electron chi connectivity index (χ2n) is 9.30. The van der Waals surface area contributed by atoms with Crippen molar-refractivity contribution < 1.29 is 13.2 Å². The van der Waals surface area contributed by atoms with Crippen molar-refractivity contribution in [1.82, 2.24) is 24.7 Å². The highest BCUT2D eigenvalue weighted by atomic mass is 32.2. The third-order valence-corrected chi connectivity index (χ3v) is 8.43. The van der Waals surface area contributed by atoms with Gasteiger partial charge in [0.2, 0.25) is 15.9 Å². The quantitative estimate of drug-likeness (QED) is 0.632. The van der Waals surface area contributed by atoms with Gasteiger partial charge in [0.05, 0.1) is 22.7 Å². The maximum absolute atomic E-state index is 13.3. The van der Waals surface area contributed by atoms with Gasteiger partial charge in [-0.25, -0.2) is 13.1 Å². The van der Waals surface area contributed by atoms with Crippen molar-refractivity contribution in [3.63, 3.8) is 0 Å². The molecule has 3 heterocycles. The first kappa shape index (κ1) is 21.4. The summed E-state index contributed by atoms with van der Waals surface area (Å²) in [5.41, 5.74) is 1.34. The summed E-state index contributed by atoms with van der Waals surface area (Å²) >= 11 is 0. The number of piperazine rings is 1. The zero-order valence-electron chi connectivity index (χ0n) is 18.4. The molecule has 10 heteroatoms. The second kappa shape index (κ2) is 7.86. The lowest BCUT2D eigenvalue weighted by Gasteiger charge is -2.30. The summed E-state index contributed by atoms with van der Waals surface area (Å²) in [6, 6.07) is 3.52. The van der Waals surface area contributed by atoms with E-state index in [0.29, 0.717) is 13.1 Å². The fraction of sp³-hybridized carbons (Fsp3) is 0.545. The Hall–Kier alpha value is -2.43. The SMILES string of the molecule is C=CC(=O)N1CCC(n2ncc3c(N4CCNCC4)cc(S(=O)(=O)NC4(C)CC4)cc32)C1. The number of sulfonamides is 1. The molecule has 1 unspecified atom stereocenters. The molecule has 1 aromatic heterocycles. The molecule has 32 heavy (non-hydrogen) atoms. The number of anilines is 1. The molecule has 1 aromatic carbocycles. The molecule has 1 saturated carbocycles. The van der Waals surface area contributed by atoms with Gasteiger partial charge < -0.3 is 15.1 Å². The van der Waals surface area contributed by atoms with E-state index >= 15 is 0 Å². The molecule has 1 amide bonds. The molecule has 0 spiro atoms. The zero-order valence-corrected chi connectivity index (χ0v) is 19.2. The van der Waals surface area contributed by atoms with Crippen LogP contribution in [0.15, 0.2) is 35.9 Å². The van der Waals surface area contributed by atoms with Crippen LogP contribution in [0.4, 0.5) is 5.69 Å². The van der Waals surface area contributed by atoms with Crippen molar-refractivity contribution in [2.24, 2.45) is 0 Å². The van der Waals surface area contributed by atoms with Gasteiger partial charge in [0.1, 0.15) is 0 Å². The summed E-state index contributed by atoms with van der Waals surface area (Å²) < 4.78 is 31.3. The summed E-state index contributed by atoms with van der Waals surface area (Å²) in [5, 5.41) is 8.95. The molecule has 2 saturated heterocycles. The number of fused-ring (bicyclic) bond motifs is 1. The third-order valence-electron chi connectivity index (χ3n) is 6.81. The van der Waals surface area contributed by atoms with Gasteiger partial charge in [-0.05, 0) is 44.4 Å². The number of carbonyl (C=O) groups is 1. The Bertz CT molecular complexity index is 1160. The van der Waals surface area contributed by atoms with E-state index in [-0.39, 0.29) is 22.4 Å². The third kappa shape index (κ3) is 3.91. The first-order valence-electron chi connectivity index (χ1n) is 11.2. The molecule has 9 nitrogen and oxygen atoms in total. The minimum atomic E-state index is -3.67. The van der Waals surface area contributed by atoms with E-state index in [2.05, 4.69) is 26.6 Å². The summed E-state index contributed by atoms with van der Waals surface area (Å²) in [7, 11) is -3.67. The minimum absolute atomic E-state index is 0.000801. The minimum Gasteiger partial charge on any atom is -0.368 e. The van der Waals surface area contributed by atoms with Crippen LogP contribution in [0.25, 0.3) is 10.9 Å². The number of amides is 1. The summed E-state index contributed by atoms with van der Waals surface area (Å²) in [6.07, 6.45) is 5.64. The number of aromatic nitrogens is 2. The monoisotopic (exact) mass is 458 g/mol. The predicted octanol–water partition coefficient (Wildman–Crippen LogP) is 1.24. The molecule has 5 rings (SSSR count). The fourth-order valence-corrected chi connectivity index (χ4v) is 6.16. The molecular formula is C22H30N6O3S. The number of nitrogens with one attached hydrogen (secondary N) is 2. The number of hydrogen-bond donors (Lipinski definition) is 2. The van der Waals surface area contributed by atoms with Crippen LogP contribution in [0.3, 0.4) is 0 Å². The number of benzene rings is 1. The maximum atomic E-state index is 13.3. The average Bonchev–Trinajstić information content (AvgIpc) is 3.18. The van der Waals surface area contributed by atoms with Crippen LogP contribution in [0.1, 0.15) is 32.2 Å². The van der Waals surface area contributed by atoms with Gasteiger partial charge in [-0.2, -0.15) is 5.10 Å². The number of nitrogens with zero attached hydrogens (tertiary/aromatic N) is 4. The van der Waals surface area contributed by atoms with Crippen LogP contribution in [-0.4, -0.2) is 73.8 Å². The van der Waals surface area contributed by atoms with Gasteiger partial charge in [-0.15, -0.1) is 0 Å². The van der Waals surface area contributed by atoms with Crippen molar-refractivity contribution in [2.75, 3.05) is 44.2 Å². The van der Waals surface area contributed by atoms with Crippen molar-refractivity contribution in [2.45, 2.75) is 42.7 Å². The smallest absolute Gasteiger partial charge is 0.246 e. The standard InChI is InChI=1S/C22H30N6O3S/c1-3-21(29)27-9-4-16(15-27)28-20-13-17(32(30,31)25-22(2)5-6-22)12-19(18(20)14-24-28)26-10-7-23-8-11-26/h3,12-14,16,23,25H,1,4-11,15H2,2H3. The predicted molar refractivity (Wildman–Crippen MR) is 123 cm³/mol. The van der Waals surface area contributed by atoms with E-state index in [0.717, 1.165) is 62.0 Å². The molecule has 0 radical (unpaired) electrons. The van der Waals surface area contributed by atoms with E-state index in [9.17, 15) is 13.2 Å². The van der Waals surface area contributed by atoms with Gasteiger partial charge >= 0.3 is 0 Å². The highest BCUT2D eigenvalue weighted by molar-refractivity contribution is 7.89. The van der Waals surface area contributed by atoms with Crippen LogP contribution < -0.4 is 14.9 Å². The van der Waals surface area contributed by atoms with Crippen molar-refractivity contribution >= 4 is 32.5 Å². The van der Waals surface area contributed by atoms with E-state index in [1.807, 2.05) is 17.8 Å². The highest BCUT2D eigenvalue weighted by Crippen LogP contribution is 2.38. The van der Waals surface area contributed by atoms with Gasteiger partial charge in [0.15, 0.2) is 0 Å². The fourth-order valence-electron chi connectivity index (χ4n) is 4.66. The Kier molecular flexibility index (Phi) is 5.26. The molecule has 3 aliphatic rings. The Morgan fingerprint density at radius 2 is 2.03 bits per heavy atom. The molecule has 2 aromatic rings. The normalized spacial score (nSPS) is 23.0. The Balaban J connectivity index is 1.58. The van der Waals surface area contributed by atoms with E-state index < -0.39 is 10.0 Å². The summed E-state index contributed by atoms with van der Waals surface area (Å²) in [5.74, 6) is -0.0874. The molecular weight excluding hydrogens is 428 g/mol. The second-order valence-corrected chi connectivity index (χ2v) is 11.0. The zero-order chi connectivity index (χ0) is 22.5. The van der Waals surface area contributed by atoms with Crippen LogP contribution in [0, 0.1) is 0 Å². The number of hydrogen-bond acceptors (Lipinski definition) is 6. The molecule has 1 aliphatic carbocycles. The first-order valence-corrected chi connectivity index (χ1v) is 12.7. The average molecular weight is 459 g/mol. The van der Waals surface area contributed by atoms with E-state index in [1.54, 1.807) is 17.0 Å². The lowest BCUT2D eigenvalue weighted by Crippen LogP contribution is -2.43. The number of carbonyl (C=O) groups excluding carboxylic acids is 1. The van der Waals surface area contributed by atoms with E-state index in [4.69, 9.17) is 0 Å². The molecule has 172 valence electrons. The lowest BCUT2D eigenvalue weighted by atomic mass is 10.1. The van der Waals surface area contributed by atoms with Crippen LogP contribution in [-0.2, 0) is 14.8 Å². The molecule has 2 aliphatic heterocycles. The largest absolute Gasteiger partial charge is 0.368 e. The van der Waals surface area contributed by atoms with Crippen LogP contribution >= 0.6 is 0 Å². The Labute approximate surface area is 188 Å². The van der Waals surface area contributed by atoms with Crippen molar-refractivity contribution in [3.8, 4) is 0 Å². The van der Waals surface area contributed by atoms with Gasteiger partial charge in [0, 0.05) is 55.9 Å². The van der Waals surface area contributed by atoms with Gasteiger partial charge in [-0.3, -0.25) is 9.48 Å². The van der Waals surface area contributed by atoms with Crippen LogP contribution in [0.5, 0.6) is 0 Å². The summed E-state index contributed by atoms with van der Waals surface area (Å²) in [4.78, 5) is 16.3. The van der Waals surface area contributed by atoms with Crippen molar-refractivity contribution in [3.05, 3.63) is 31.0 Å². The molecule has 3 fully saturated rings. The lowest BCUT2D eigenvalue weighted by molar-refractivity contribution is -0.125. The van der Waals surface area contributed by atoms with Gasteiger partial charge in [0.25, 0.3) is 0 Å². The highest BCUT2D eigenvalue weighted by Gasteiger charge is 2.41.